The highest BCUT2D eigenvalue weighted by molar-refractivity contribution is 5.25. The summed E-state index contributed by atoms with van der Waals surface area (Å²) in [6.45, 7) is 1.31. The zero-order valence-electron chi connectivity index (χ0n) is 10.2. The second-order valence-corrected chi connectivity index (χ2v) is 4.40. The minimum atomic E-state index is -0.0117. The fraction of sp³-hybridized carbons (Fsp3) is 0.250. The average Bonchev–Trinajstić information content (AvgIpc) is 2.49. The van der Waals surface area contributed by atoms with Gasteiger partial charge in [-0.25, -0.2) is 0 Å². The van der Waals surface area contributed by atoms with Gasteiger partial charge in [0.2, 0.25) is 0 Å². The lowest BCUT2D eigenvalue weighted by Gasteiger charge is -2.32. The summed E-state index contributed by atoms with van der Waals surface area (Å²) < 4.78 is 11.8. The molecule has 1 fully saturated rings. The first kappa shape index (κ1) is 11.5. The largest absolute Gasteiger partial charge is 0.368 e. The fourth-order valence-electron chi connectivity index (χ4n) is 2.35. The van der Waals surface area contributed by atoms with E-state index >= 15 is 0 Å². The van der Waals surface area contributed by atoms with Crippen LogP contribution in [0, 0.1) is 0 Å². The molecule has 0 unspecified atom stereocenters. The van der Waals surface area contributed by atoms with Crippen molar-refractivity contribution in [2.45, 2.75) is 12.2 Å². The Kier molecular flexibility index (Phi) is 3.40. The highest BCUT2D eigenvalue weighted by atomic mass is 16.6. The summed E-state index contributed by atoms with van der Waals surface area (Å²) in [5.41, 5.74) is 2.34. The van der Waals surface area contributed by atoms with Crippen LogP contribution in [-0.4, -0.2) is 13.2 Å². The molecule has 0 spiro atoms. The third-order valence-corrected chi connectivity index (χ3v) is 3.21. The SMILES string of the molecule is c1ccc([C@H]2OCCO[C@H]2c2ccccc2)cc1. The summed E-state index contributed by atoms with van der Waals surface area (Å²) >= 11 is 0. The first-order valence-corrected chi connectivity index (χ1v) is 6.28. The number of rotatable bonds is 2. The van der Waals surface area contributed by atoms with Crippen LogP contribution in [0.4, 0.5) is 0 Å². The molecular weight excluding hydrogens is 224 g/mol. The molecule has 2 aromatic rings. The molecular formula is C16H16O2. The van der Waals surface area contributed by atoms with Crippen molar-refractivity contribution in [3.63, 3.8) is 0 Å². The van der Waals surface area contributed by atoms with E-state index in [0.717, 1.165) is 0 Å². The predicted molar refractivity (Wildman–Crippen MR) is 70.3 cm³/mol. The van der Waals surface area contributed by atoms with Gasteiger partial charge in [-0.15, -0.1) is 0 Å². The minimum absolute atomic E-state index is 0.0117. The van der Waals surface area contributed by atoms with E-state index in [1.807, 2.05) is 36.4 Å². The van der Waals surface area contributed by atoms with Gasteiger partial charge in [-0.3, -0.25) is 0 Å². The summed E-state index contributed by atoms with van der Waals surface area (Å²) in [7, 11) is 0. The van der Waals surface area contributed by atoms with Gasteiger partial charge in [0.25, 0.3) is 0 Å². The van der Waals surface area contributed by atoms with Crippen molar-refractivity contribution in [1.29, 1.82) is 0 Å². The van der Waals surface area contributed by atoms with E-state index in [4.69, 9.17) is 9.47 Å². The Hall–Kier alpha value is -1.64. The molecule has 18 heavy (non-hydrogen) atoms. The molecule has 2 heteroatoms. The summed E-state index contributed by atoms with van der Waals surface area (Å²) in [4.78, 5) is 0. The van der Waals surface area contributed by atoms with E-state index in [0.29, 0.717) is 13.2 Å². The van der Waals surface area contributed by atoms with Crippen LogP contribution in [0.3, 0.4) is 0 Å². The monoisotopic (exact) mass is 240 g/mol. The van der Waals surface area contributed by atoms with Crippen molar-refractivity contribution < 1.29 is 9.47 Å². The van der Waals surface area contributed by atoms with E-state index in [2.05, 4.69) is 24.3 Å². The second kappa shape index (κ2) is 5.34. The molecule has 1 heterocycles. The first-order chi connectivity index (χ1) is 8.95. The molecule has 3 rings (SSSR count). The van der Waals surface area contributed by atoms with E-state index in [-0.39, 0.29) is 12.2 Å². The van der Waals surface area contributed by atoms with Crippen LogP contribution in [0.25, 0.3) is 0 Å². The van der Waals surface area contributed by atoms with Crippen molar-refractivity contribution in [2.24, 2.45) is 0 Å². The van der Waals surface area contributed by atoms with Crippen molar-refractivity contribution in [3.8, 4) is 0 Å². The van der Waals surface area contributed by atoms with Gasteiger partial charge in [-0.2, -0.15) is 0 Å². The third kappa shape index (κ3) is 2.30. The molecule has 0 aliphatic carbocycles. The van der Waals surface area contributed by atoms with E-state index in [1.54, 1.807) is 0 Å². The number of hydrogen-bond donors (Lipinski definition) is 0. The van der Waals surface area contributed by atoms with Crippen LogP contribution in [0.2, 0.25) is 0 Å². The smallest absolute Gasteiger partial charge is 0.113 e. The average molecular weight is 240 g/mol. The Morgan fingerprint density at radius 3 is 1.39 bits per heavy atom. The zero-order chi connectivity index (χ0) is 12.2. The van der Waals surface area contributed by atoms with E-state index in [1.165, 1.54) is 11.1 Å². The number of hydrogen-bond acceptors (Lipinski definition) is 2. The number of benzene rings is 2. The zero-order valence-corrected chi connectivity index (χ0v) is 10.2. The molecule has 92 valence electrons. The Morgan fingerprint density at radius 1 is 0.611 bits per heavy atom. The summed E-state index contributed by atoms with van der Waals surface area (Å²) in [6.07, 6.45) is -0.0234. The maximum Gasteiger partial charge on any atom is 0.113 e. The van der Waals surface area contributed by atoms with Gasteiger partial charge in [0, 0.05) is 0 Å². The molecule has 0 amide bonds. The fourth-order valence-corrected chi connectivity index (χ4v) is 2.35. The summed E-state index contributed by atoms with van der Waals surface area (Å²) in [5.74, 6) is 0. The van der Waals surface area contributed by atoms with Crippen LogP contribution in [0.1, 0.15) is 23.3 Å². The molecule has 0 N–H and O–H groups in total. The lowest BCUT2D eigenvalue weighted by Crippen LogP contribution is -2.26. The molecule has 1 saturated heterocycles. The van der Waals surface area contributed by atoms with Gasteiger partial charge >= 0.3 is 0 Å². The quantitative estimate of drug-likeness (QED) is 0.799. The van der Waals surface area contributed by atoms with E-state index < -0.39 is 0 Å². The molecule has 0 bridgehead atoms. The van der Waals surface area contributed by atoms with Gasteiger partial charge in [0.15, 0.2) is 0 Å². The normalized spacial score (nSPS) is 23.8. The van der Waals surface area contributed by atoms with Crippen LogP contribution < -0.4 is 0 Å². The van der Waals surface area contributed by atoms with Gasteiger partial charge in [-0.1, -0.05) is 60.7 Å². The van der Waals surface area contributed by atoms with Crippen LogP contribution in [0.5, 0.6) is 0 Å². The van der Waals surface area contributed by atoms with Crippen LogP contribution in [0.15, 0.2) is 60.7 Å². The molecule has 1 aliphatic heterocycles. The maximum atomic E-state index is 5.91. The van der Waals surface area contributed by atoms with Gasteiger partial charge in [0.1, 0.15) is 12.2 Å². The topological polar surface area (TPSA) is 18.5 Å². The Balaban J connectivity index is 1.92. The van der Waals surface area contributed by atoms with Crippen LogP contribution >= 0.6 is 0 Å². The first-order valence-electron chi connectivity index (χ1n) is 6.28. The molecule has 0 saturated carbocycles. The standard InChI is InChI=1S/C16H16O2/c1-3-7-13(8-4-1)15-16(18-12-11-17-15)14-9-5-2-6-10-14/h1-10,15-16H,11-12H2/t15-,16+. The Labute approximate surface area is 107 Å². The van der Waals surface area contributed by atoms with Crippen molar-refractivity contribution in [1.82, 2.24) is 0 Å². The highest BCUT2D eigenvalue weighted by Crippen LogP contribution is 2.37. The lowest BCUT2D eigenvalue weighted by molar-refractivity contribution is -0.145. The Morgan fingerprint density at radius 2 is 1.00 bits per heavy atom. The van der Waals surface area contributed by atoms with Crippen molar-refractivity contribution in [3.05, 3.63) is 71.8 Å². The van der Waals surface area contributed by atoms with Crippen LogP contribution in [-0.2, 0) is 9.47 Å². The molecule has 2 aromatic carbocycles. The number of ether oxygens (including phenoxy) is 2. The van der Waals surface area contributed by atoms with Gasteiger partial charge in [0.05, 0.1) is 13.2 Å². The third-order valence-electron chi connectivity index (χ3n) is 3.21. The summed E-state index contributed by atoms with van der Waals surface area (Å²) in [5, 5.41) is 0. The van der Waals surface area contributed by atoms with Gasteiger partial charge in [-0.05, 0) is 11.1 Å². The molecule has 0 radical (unpaired) electrons. The van der Waals surface area contributed by atoms with Crippen molar-refractivity contribution >= 4 is 0 Å². The highest BCUT2D eigenvalue weighted by Gasteiger charge is 2.29. The second-order valence-electron chi connectivity index (χ2n) is 4.40. The summed E-state index contributed by atoms with van der Waals surface area (Å²) in [6, 6.07) is 20.6. The predicted octanol–water partition coefficient (Wildman–Crippen LogP) is 3.52. The van der Waals surface area contributed by atoms with E-state index in [9.17, 15) is 0 Å². The lowest BCUT2D eigenvalue weighted by atomic mass is 9.97. The molecule has 2 atom stereocenters. The maximum absolute atomic E-state index is 5.91. The molecule has 2 nitrogen and oxygen atoms in total. The minimum Gasteiger partial charge on any atom is -0.368 e. The molecule has 1 aliphatic rings. The molecule has 0 aromatic heterocycles. The van der Waals surface area contributed by atoms with Gasteiger partial charge < -0.3 is 9.47 Å². The Bertz CT molecular complexity index is 433. The van der Waals surface area contributed by atoms with Crippen molar-refractivity contribution in [2.75, 3.05) is 13.2 Å².